The van der Waals surface area contributed by atoms with Gasteiger partial charge in [0.25, 0.3) is 0 Å². The van der Waals surface area contributed by atoms with Crippen LogP contribution in [0, 0.1) is 5.41 Å². The molecule has 0 rings (SSSR count). The van der Waals surface area contributed by atoms with Crippen LogP contribution in [0.15, 0.2) is 12.2 Å². The molecule has 0 bridgehead atoms. The van der Waals surface area contributed by atoms with Crippen LogP contribution in [0.25, 0.3) is 0 Å². The molecule has 0 aromatic carbocycles. The van der Waals surface area contributed by atoms with E-state index in [9.17, 15) is 5.11 Å². The van der Waals surface area contributed by atoms with Crippen LogP contribution in [0.3, 0.4) is 0 Å². The normalized spacial score (nSPS) is 15.6. The summed E-state index contributed by atoms with van der Waals surface area (Å²) in [5, 5.41) is 16.7. The average Bonchev–Trinajstić information content (AvgIpc) is 2.13. The van der Waals surface area contributed by atoms with Crippen LogP contribution in [0.2, 0.25) is 0 Å². The third-order valence-electron chi connectivity index (χ3n) is 2.24. The highest BCUT2D eigenvalue weighted by Gasteiger charge is 2.14. The van der Waals surface area contributed by atoms with E-state index in [1.807, 2.05) is 19.1 Å². The van der Waals surface area contributed by atoms with Gasteiger partial charge in [-0.15, -0.1) is 0 Å². The molecule has 2 N–H and O–H groups in total. The maximum atomic E-state index is 9.90. The largest absolute Gasteiger partial charge is 0.386 e. The number of rotatable bonds is 8. The van der Waals surface area contributed by atoms with Crippen molar-refractivity contribution in [3.8, 4) is 0 Å². The van der Waals surface area contributed by atoms with Crippen LogP contribution >= 0.6 is 0 Å². The summed E-state index contributed by atoms with van der Waals surface area (Å²) < 4.78 is 0. The second-order valence-electron chi connectivity index (χ2n) is 4.00. The molecule has 1 unspecified atom stereocenters. The lowest BCUT2D eigenvalue weighted by Crippen LogP contribution is -2.20. The molecule has 0 aromatic rings. The number of hydrogen-bond acceptors (Lipinski definition) is 2. The molecule has 0 amide bonds. The fourth-order valence-electron chi connectivity index (χ4n) is 1.33. The Morgan fingerprint density at radius 1 is 1.29 bits per heavy atom. The topological polar surface area (TPSA) is 44.1 Å². The molecule has 2 nitrogen and oxygen atoms in total. The van der Waals surface area contributed by atoms with E-state index in [1.165, 1.54) is 19.1 Å². The average molecular weight is 197 g/mol. The van der Waals surface area contributed by atoms with Crippen LogP contribution < -0.4 is 0 Å². The molecular weight excluding hydrogens is 174 g/mol. The maximum Gasteiger partial charge on any atom is 0.0799 e. The Hall–Kier alpha value is -0.630. The maximum absolute atomic E-state index is 9.90. The first-order chi connectivity index (χ1) is 6.62. The molecular formula is C12H23NO. The fraction of sp³-hybridized carbons (Fsp3) is 0.750. The Kier molecular flexibility index (Phi) is 7.40. The number of allylic oxidation sites excluding steroid dienone is 1. The van der Waals surface area contributed by atoms with E-state index in [4.69, 9.17) is 5.41 Å². The molecule has 0 fully saturated rings. The first kappa shape index (κ1) is 13.4. The lowest BCUT2D eigenvalue weighted by atomic mass is 9.97. The van der Waals surface area contributed by atoms with E-state index in [2.05, 4.69) is 6.92 Å². The van der Waals surface area contributed by atoms with Gasteiger partial charge in [-0.2, -0.15) is 0 Å². The lowest BCUT2D eigenvalue weighted by Gasteiger charge is -2.18. The van der Waals surface area contributed by atoms with Gasteiger partial charge in [-0.1, -0.05) is 38.3 Å². The van der Waals surface area contributed by atoms with Crippen LogP contribution in [0.5, 0.6) is 0 Å². The minimum absolute atomic E-state index is 0.656. The van der Waals surface area contributed by atoms with Gasteiger partial charge in [-0.3, -0.25) is 0 Å². The van der Waals surface area contributed by atoms with Crippen molar-refractivity contribution in [2.75, 3.05) is 0 Å². The highest BCUT2D eigenvalue weighted by atomic mass is 16.3. The van der Waals surface area contributed by atoms with Crippen LogP contribution in [0.1, 0.15) is 52.4 Å². The molecule has 14 heavy (non-hydrogen) atoms. The summed E-state index contributed by atoms with van der Waals surface area (Å²) in [7, 11) is 0. The highest BCUT2D eigenvalue weighted by Crippen LogP contribution is 2.16. The molecule has 0 aliphatic rings. The van der Waals surface area contributed by atoms with Crippen molar-refractivity contribution >= 4 is 6.21 Å². The van der Waals surface area contributed by atoms with Crippen molar-refractivity contribution in [3.05, 3.63) is 12.2 Å². The van der Waals surface area contributed by atoms with Crippen molar-refractivity contribution in [2.45, 2.75) is 58.0 Å². The van der Waals surface area contributed by atoms with E-state index in [0.717, 1.165) is 25.7 Å². The number of unbranched alkanes of at least 4 members (excludes halogenated alkanes) is 3. The summed E-state index contributed by atoms with van der Waals surface area (Å²) >= 11 is 0. The number of hydrogen-bond donors (Lipinski definition) is 2. The zero-order chi connectivity index (χ0) is 10.9. The fourth-order valence-corrected chi connectivity index (χ4v) is 1.33. The Bertz CT molecular complexity index is 173. The van der Waals surface area contributed by atoms with Crippen LogP contribution in [-0.2, 0) is 0 Å². The first-order valence-electron chi connectivity index (χ1n) is 5.51. The molecule has 1 atom stereocenters. The van der Waals surface area contributed by atoms with Gasteiger partial charge in [-0.25, -0.2) is 0 Å². The Balaban J connectivity index is 3.69. The highest BCUT2D eigenvalue weighted by molar-refractivity contribution is 5.52. The molecule has 0 radical (unpaired) electrons. The summed E-state index contributed by atoms with van der Waals surface area (Å²) in [5.41, 5.74) is -0.656. The smallest absolute Gasteiger partial charge is 0.0799 e. The minimum atomic E-state index is -0.656. The van der Waals surface area contributed by atoms with Crippen molar-refractivity contribution in [1.29, 1.82) is 5.41 Å². The standard InChI is InChI=1S/C12H23NO/c1-3-4-6-9-12(2,14)10-7-5-8-11-13/h7,10-11,13-14H,3-6,8-9H2,1-2H3/b10-7+,13-11?. The summed E-state index contributed by atoms with van der Waals surface area (Å²) in [6.45, 7) is 4.01. The second kappa shape index (κ2) is 7.74. The molecule has 82 valence electrons. The molecule has 0 spiro atoms. The predicted octanol–water partition coefficient (Wildman–Crippen LogP) is 3.30. The summed E-state index contributed by atoms with van der Waals surface area (Å²) in [6.07, 6.45) is 11.1. The van der Waals surface area contributed by atoms with E-state index in [0.29, 0.717) is 0 Å². The lowest BCUT2D eigenvalue weighted by molar-refractivity contribution is 0.0983. The molecule has 0 aliphatic heterocycles. The van der Waals surface area contributed by atoms with Gasteiger partial charge in [0.2, 0.25) is 0 Å². The third-order valence-corrected chi connectivity index (χ3v) is 2.24. The van der Waals surface area contributed by atoms with E-state index >= 15 is 0 Å². The van der Waals surface area contributed by atoms with Crippen molar-refractivity contribution in [2.24, 2.45) is 0 Å². The molecule has 2 heteroatoms. The minimum Gasteiger partial charge on any atom is -0.386 e. The van der Waals surface area contributed by atoms with Gasteiger partial charge < -0.3 is 10.5 Å². The van der Waals surface area contributed by atoms with Gasteiger partial charge in [-0.05, 0) is 32.4 Å². The third kappa shape index (κ3) is 7.99. The zero-order valence-electron chi connectivity index (χ0n) is 9.42. The molecule has 0 saturated carbocycles. The van der Waals surface area contributed by atoms with Crippen LogP contribution in [-0.4, -0.2) is 16.9 Å². The Morgan fingerprint density at radius 3 is 2.57 bits per heavy atom. The van der Waals surface area contributed by atoms with E-state index in [1.54, 1.807) is 0 Å². The Morgan fingerprint density at radius 2 is 2.00 bits per heavy atom. The van der Waals surface area contributed by atoms with E-state index < -0.39 is 5.60 Å². The van der Waals surface area contributed by atoms with Crippen LogP contribution in [0.4, 0.5) is 0 Å². The number of aliphatic hydroxyl groups is 1. The Labute approximate surface area is 87.5 Å². The first-order valence-corrected chi connectivity index (χ1v) is 5.51. The van der Waals surface area contributed by atoms with Crippen molar-refractivity contribution in [1.82, 2.24) is 0 Å². The quantitative estimate of drug-likeness (QED) is 0.350. The van der Waals surface area contributed by atoms with Gasteiger partial charge in [0.1, 0.15) is 0 Å². The second-order valence-corrected chi connectivity index (χ2v) is 4.00. The van der Waals surface area contributed by atoms with E-state index in [-0.39, 0.29) is 0 Å². The monoisotopic (exact) mass is 197 g/mol. The number of nitrogens with one attached hydrogen (secondary N) is 1. The van der Waals surface area contributed by atoms with Crippen molar-refractivity contribution < 1.29 is 5.11 Å². The van der Waals surface area contributed by atoms with Gasteiger partial charge >= 0.3 is 0 Å². The molecule has 0 aromatic heterocycles. The summed E-state index contributed by atoms with van der Waals surface area (Å²) in [5.74, 6) is 0. The van der Waals surface area contributed by atoms with Gasteiger partial charge in [0.15, 0.2) is 0 Å². The predicted molar refractivity (Wildman–Crippen MR) is 61.9 cm³/mol. The SMILES string of the molecule is CCCCCC(C)(O)/C=C/CCC=N. The summed E-state index contributed by atoms with van der Waals surface area (Å²) in [4.78, 5) is 0. The molecule has 0 saturated heterocycles. The van der Waals surface area contributed by atoms with Gasteiger partial charge in [0.05, 0.1) is 5.60 Å². The molecule has 0 heterocycles. The van der Waals surface area contributed by atoms with Gasteiger partial charge in [0, 0.05) is 0 Å². The molecule has 0 aliphatic carbocycles. The summed E-state index contributed by atoms with van der Waals surface area (Å²) in [6, 6.07) is 0. The van der Waals surface area contributed by atoms with Crippen molar-refractivity contribution in [3.63, 3.8) is 0 Å². The zero-order valence-corrected chi connectivity index (χ0v) is 9.42.